The van der Waals surface area contributed by atoms with Gasteiger partial charge in [0, 0.05) is 38.5 Å². The molecule has 216 valence electrons. The molecule has 1 fully saturated rings. The molecular weight excluding hydrogens is 532 g/mol. The zero-order chi connectivity index (χ0) is 28.4. The number of aromatic nitrogens is 1. The van der Waals surface area contributed by atoms with E-state index in [9.17, 15) is 27.1 Å². The van der Waals surface area contributed by atoms with E-state index in [4.69, 9.17) is 0 Å². The van der Waals surface area contributed by atoms with Crippen LogP contribution in [0.5, 0.6) is 11.5 Å². The number of halogens is 2. The molecule has 0 spiro atoms. The van der Waals surface area contributed by atoms with Crippen LogP contribution >= 0.6 is 0 Å². The Morgan fingerprint density at radius 2 is 1.82 bits per heavy atom. The standard InChI is InChI=1S/C27H31F2N3O6S.3H2/c1-25(2,3)23-12-16-11-18(6-7-20(16)32(23)15-19(33)14-30-39(4,35)36)31-24(34)26(9-10-26)17-5-8-21-22(13-17)38-27(28,29)37-21;;;/h5-8,11-13,19,30,33H,9-10,14-15H2,1-4H3,(H,31,34);3*1H/t19-;;;/m0.../s1. The molecule has 1 amide bonds. The van der Waals surface area contributed by atoms with E-state index < -0.39 is 27.8 Å². The van der Waals surface area contributed by atoms with Crippen molar-refractivity contribution in [3.8, 4) is 11.5 Å². The molecule has 0 saturated heterocycles. The largest absolute Gasteiger partial charge is 0.586 e. The fourth-order valence-electron chi connectivity index (χ4n) is 4.96. The number of aliphatic hydroxyl groups excluding tert-OH is 1. The Morgan fingerprint density at radius 1 is 1.13 bits per heavy atom. The second-order valence-corrected chi connectivity index (χ2v) is 13.1. The highest BCUT2D eigenvalue weighted by molar-refractivity contribution is 7.88. The normalized spacial score (nSPS) is 18.2. The highest BCUT2D eigenvalue weighted by atomic mass is 32.2. The Hall–Kier alpha value is -3.22. The van der Waals surface area contributed by atoms with Gasteiger partial charge in [-0.2, -0.15) is 0 Å². The molecule has 1 aliphatic heterocycles. The van der Waals surface area contributed by atoms with Crippen molar-refractivity contribution >= 4 is 32.5 Å². The molecule has 2 aliphatic rings. The number of alkyl halides is 2. The van der Waals surface area contributed by atoms with Crippen LogP contribution in [-0.4, -0.2) is 49.2 Å². The van der Waals surface area contributed by atoms with Crippen LogP contribution in [-0.2, 0) is 32.2 Å². The van der Waals surface area contributed by atoms with Gasteiger partial charge >= 0.3 is 6.29 Å². The lowest BCUT2D eigenvalue weighted by atomic mass is 9.92. The predicted molar refractivity (Wildman–Crippen MR) is 148 cm³/mol. The smallest absolute Gasteiger partial charge is 0.395 e. The lowest BCUT2D eigenvalue weighted by Crippen LogP contribution is -2.34. The minimum absolute atomic E-state index is 0. The summed E-state index contributed by atoms with van der Waals surface area (Å²) in [7, 11) is -3.44. The Kier molecular flexibility index (Phi) is 6.43. The molecule has 2 heterocycles. The Labute approximate surface area is 229 Å². The van der Waals surface area contributed by atoms with Gasteiger partial charge < -0.3 is 24.5 Å². The summed E-state index contributed by atoms with van der Waals surface area (Å²) in [6.07, 6.45) is -2.50. The second kappa shape index (κ2) is 9.17. The number of fused-ring (bicyclic) bond motifs is 2. The minimum atomic E-state index is -3.72. The number of nitrogens with one attached hydrogen (secondary N) is 2. The predicted octanol–water partition coefficient (Wildman–Crippen LogP) is 4.58. The maximum absolute atomic E-state index is 13.4. The van der Waals surface area contributed by atoms with Gasteiger partial charge in [0.25, 0.3) is 0 Å². The number of rotatable bonds is 8. The lowest BCUT2D eigenvalue weighted by Gasteiger charge is -2.24. The van der Waals surface area contributed by atoms with Crippen LogP contribution in [0.3, 0.4) is 0 Å². The van der Waals surface area contributed by atoms with Crippen molar-refractivity contribution in [3.63, 3.8) is 0 Å². The van der Waals surface area contributed by atoms with Gasteiger partial charge in [-0.3, -0.25) is 4.79 Å². The number of amides is 1. The summed E-state index contributed by atoms with van der Waals surface area (Å²) in [5.41, 5.74) is 1.80. The monoisotopic (exact) mass is 569 g/mol. The van der Waals surface area contributed by atoms with Gasteiger partial charge in [-0.05, 0) is 54.8 Å². The maximum atomic E-state index is 13.4. The third-order valence-corrected chi connectivity index (χ3v) is 7.73. The molecule has 0 unspecified atom stereocenters. The van der Waals surface area contributed by atoms with Crippen molar-refractivity contribution in [3.05, 3.63) is 53.7 Å². The summed E-state index contributed by atoms with van der Waals surface area (Å²) in [6, 6.07) is 11.9. The molecule has 3 N–H and O–H groups in total. The maximum Gasteiger partial charge on any atom is 0.586 e. The van der Waals surface area contributed by atoms with Crippen molar-refractivity contribution in [1.82, 2.24) is 9.29 Å². The molecule has 3 aromatic rings. The van der Waals surface area contributed by atoms with Crippen LogP contribution < -0.4 is 19.5 Å². The molecule has 0 radical (unpaired) electrons. The van der Waals surface area contributed by atoms with E-state index in [2.05, 4.69) is 19.5 Å². The summed E-state index contributed by atoms with van der Waals surface area (Å²) in [5.74, 6) is -0.407. The zero-order valence-electron chi connectivity index (χ0n) is 22.0. The fourth-order valence-corrected chi connectivity index (χ4v) is 5.45. The van der Waals surface area contributed by atoms with E-state index in [1.807, 2.05) is 43.5 Å². The van der Waals surface area contributed by atoms with Gasteiger partial charge in [0.2, 0.25) is 15.9 Å². The first-order valence-corrected chi connectivity index (χ1v) is 14.4. The third kappa shape index (κ3) is 5.59. The van der Waals surface area contributed by atoms with Gasteiger partial charge in [-0.15, -0.1) is 8.78 Å². The molecule has 2 aromatic carbocycles. The van der Waals surface area contributed by atoms with E-state index in [-0.39, 0.29) is 40.2 Å². The topological polar surface area (TPSA) is 119 Å². The average Bonchev–Trinajstić information content (AvgIpc) is 3.46. The van der Waals surface area contributed by atoms with Gasteiger partial charge in [0.1, 0.15) is 0 Å². The van der Waals surface area contributed by atoms with Gasteiger partial charge in [0.15, 0.2) is 11.5 Å². The number of sulfonamides is 1. The molecule has 39 heavy (non-hydrogen) atoms. The van der Waals surface area contributed by atoms with Crippen molar-refractivity contribution < 1.29 is 40.9 Å². The first-order chi connectivity index (χ1) is 18.1. The number of carbonyl (C=O) groups is 1. The molecule has 1 aromatic heterocycles. The summed E-state index contributed by atoms with van der Waals surface area (Å²) < 4.78 is 63.1. The van der Waals surface area contributed by atoms with E-state index in [0.29, 0.717) is 24.1 Å². The van der Waals surface area contributed by atoms with Crippen LogP contribution in [0.15, 0.2) is 42.5 Å². The SMILES string of the molecule is CC(C)(C)c1cc2cc(NC(=O)C3(c4ccc5c(c4)OC(F)(F)O5)CC3)ccc2n1C[C@@H](O)CNS(C)(=O)=O.[HH].[HH].[HH]. The van der Waals surface area contributed by atoms with Crippen molar-refractivity contribution in [1.29, 1.82) is 0 Å². The van der Waals surface area contributed by atoms with E-state index in [1.165, 1.54) is 12.1 Å². The Balaban J connectivity index is 0.00000205. The zero-order valence-corrected chi connectivity index (χ0v) is 22.9. The first-order valence-electron chi connectivity index (χ1n) is 12.5. The summed E-state index contributed by atoms with van der Waals surface area (Å²) >= 11 is 0. The van der Waals surface area contributed by atoms with Crippen LogP contribution in [0.2, 0.25) is 0 Å². The highest BCUT2D eigenvalue weighted by Gasteiger charge is 2.52. The molecule has 0 bridgehead atoms. The molecule has 1 atom stereocenters. The van der Waals surface area contributed by atoms with Crippen LogP contribution in [0.4, 0.5) is 14.5 Å². The Bertz CT molecular complexity index is 1570. The van der Waals surface area contributed by atoms with E-state index in [1.54, 1.807) is 12.1 Å². The minimum Gasteiger partial charge on any atom is -0.395 e. The van der Waals surface area contributed by atoms with Crippen molar-refractivity contribution in [2.45, 2.75) is 63.4 Å². The van der Waals surface area contributed by atoms with Gasteiger partial charge in [0.05, 0.1) is 24.3 Å². The van der Waals surface area contributed by atoms with Crippen LogP contribution in [0.25, 0.3) is 10.9 Å². The number of ether oxygens (including phenoxy) is 2. The van der Waals surface area contributed by atoms with Crippen LogP contribution in [0, 0.1) is 0 Å². The number of carbonyl (C=O) groups excluding carboxylic acids is 1. The quantitative estimate of drug-likeness (QED) is 0.366. The van der Waals surface area contributed by atoms with Crippen LogP contribution in [0.1, 0.15) is 49.2 Å². The van der Waals surface area contributed by atoms with E-state index >= 15 is 0 Å². The number of hydrogen-bond acceptors (Lipinski definition) is 6. The van der Waals surface area contributed by atoms with Crippen molar-refractivity contribution in [2.75, 3.05) is 18.1 Å². The average molecular weight is 570 g/mol. The summed E-state index contributed by atoms with van der Waals surface area (Å²) in [4.78, 5) is 13.4. The molecule has 9 nitrogen and oxygen atoms in total. The summed E-state index contributed by atoms with van der Waals surface area (Å²) in [6.45, 7) is 6.19. The number of benzene rings is 2. The second-order valence-electron chi connectivity index (χ2n) is 11.3. The number of nitrogens with zero attached hydrogens (tertiary/aromatic N) is 1. The number of hydrogen-bond donors (Lipinski definition) is 3. The van der Waals surface area contributed by atoms with Crippen molar-refractivity contribution in [2.24, 2.45) is 0 Å². The summed E-state index contributed by atoms with van der Waals surface area (Å²) in [5, 5.41) is 14.3. The molecule has 12 heteroatoms. The molecule has 5 rings (SSSR count). The number of anilines is 1. The van der Waals surface area contributed by atoms with Gasteiger partial charge in [-0.1, -0.05) is 26.8 Å². The molecule has 1 saturated carbocycles. The van der Waals surface area contributed by atoms with Gasteiger partial charge in [-0.25, -0.2) is 13.1 Å². The number of aliphatic hydroxyl groups is 1. The van der Waals surface area contributed by atoms with E-state index in [0.717, 1.165) is 22.9 Å². The Morgan fingerprint density at radius 3 is 2.46 bits per heavy atom. The fraction of sp³-hybridized carbons (Fsp3) is 0.444. The molecular formula is C27H37F2N3O6S. The lowest BCUT2D eigenvalue weighted by molar-refractivity contribution is -0.286. The third-order valence-electron chi connectivity index (χ3n) is 7.04. The highest BCUT2D eigenvalue weighted by Crippen LogP contribution is 2.52. The first kappa shape index (κ1) is 27.4. The molecule has 1 aliphatic carbocycles.